The first-order valence-corrected chi connectivity index (χ1v) is 8.88. The molecule has 26 heavy (non-hydrogen) atoms. The number of benzene rings is 2. The monoisotopic (exact) mass is 363 g/mol. The van der Waals surface area contributed by atoms with Crippen LogP contribution < -0.4 is 10.2 Å². The number of amides is 1. The van der Waals surface area contributed by atoms with Gasteiger partial charge in [-0.2, -0.15) is 0 Å². The number of hydrogen-bond acceptors (Lipinski definition) is 3. The Morgan fingerprint density at radius 2 is 2.00 bits per heavy atom. The molecule has 0 spiro atoms. The summed E-state index contributed by atoms with van der Waals surface area (Å²) < 4.78 is 0. The van der Waals surface area contributed by atoms with Crippen molar-refractivity contribution in [2.45, 2.75) is 13.3 Å². The van der Waals surface area contributed by atoms with Crippen LogP contribution in [-0.2, 0) is 6.42 Å². The number of aromatic nitrogens is 1. The SMILES string of the molecule is Cc1cc(Cl)ccc1Nc1ccc(C(=O)N2CCc3ccccc32)cn1. The van der Waals surface area contributed by atoms with Gasteiger partial charge in [-0.3, -0.25) is 4.79 Å². The molecule has 0 atom stereocenters. The van der Waals surface area contributed by atoms with Crippen molar-refractivity contribution in [1.29, 1.82) is 0 Å². The largest absolute Gasteiger partial charge is 0.340 e. The van der Waals surface area contributed by atoms with Crippen LogP contribution >= 0.6 is 11.6 Å². The summed E-state index contributed by atoms with van der Waals surface area (Å²) in [5.74, 6) is 0.672. The number of pyridine rings is 1. The zero-order valence-corrected chi connectivity index (χ0v) is 15.1. The third-order valence-corrected chi connectivity index (χ3v) is 4.83. The van der Waals surface area contributed by atoms with E-state index in [4.69, 9.17) is 11.6 Å². The smallest absolute Gasteiger partial charge is 0.259 e. The van der Waals surface area contributed by atoms with Gasteiger partial charge in [-0.05, 0) is 60.9 Å². The Labute approximate surface area is 157 Å². The van der Waals surface area contributed by atoms with Crippen LogP contribution in [0.1, 0.15) is 21.5 Å². The molecular weight excluding hydrogens is 346 g/mol. The standard InChI is InChI=1S/C21H18ClN3O/c1-14-12-17(22)7-8-18(14)24-20-9-6-16(13-23-20)21(26)25-11-10-15-4-2-3-5-19(15)25/h2-9,12-13H,10-11H2,1H3,(H,23,24). The highest BCUT2D eigenvalue weighted by Gasteiger charge is 2.25. The van der Waals surface area contributed by atoms with Crippen LogP contribution in [0.25, 0.3) is 0 Å². The Balaban J connectivity index is 1.52. The topological polar surface area (TPSA) is 45.2 Å². The lowest BCUT2D eigenvalue weighted by Crippen LogP contribution is -2.28. The van der Waals surface area contributed by atoms with Crippen molar-refractivity contribution >= 4 is 34.7 Å². The van der Waals surface area contributed by atoms with Crippen molar-refractivity contribution in [3.05, 3.63) is 82.5 Å². The van der Waals surface area contributed by atoms with Crippen molar-refractivity contribution in [2.24, 2.45) is 0 Å². The molecule has 0 radical (unpaired) electrons. The molecule has 0 unspecified atom stereocenters. The molecular formula is C21H18ClN3O. The first-order chi connectivity index (χ1) is 12.6. The molecule has 130 valence electrons. The molecule has 0 fully saturated rings. The van der Waals surface area contributed by atoms with Crippen molar-refractivity contribution in [2.75, 3.05) is 16.8 Å². The molecule has 4 nitrogen and oxygen atoms in total. The Kier molecular flexibility index (Phi) is 4.35. The fourth-order valence-corrected chi connectivity index (χ4v) is 3.43. The van der Waals surface area contributed by atoms with E-state index in [1.54, 1.807) is 6.20 Å². The molecule has 0 bridgehead atoms. The minimum atomic E-state index is -0.0170. The van der Waals surface area contributed by atoms with E-state index in [1.165, 1.54) is 5.56 Å². The van der Waals surface area contributed by atoms with E-state index in [9.17, 15) is 4.79 Å². The zero-order chi connectivity index (χ0) is 18.1. The van der Waals surface area contributed by atoms with Gasteiger partial charge in [0.2, 0.25) is 0 Å². The van der Waals surface area contributed by atoms with Gasteiger partial charge in [0.25, 0.3) is 5.91 Å². The number of nitrogens with zero attached hydrogens (tertiary/aromatic N) is 2. The fraction of sp³-hybridized carbons (Fsp3) is 0.143. The summed E-state index contributed by atoms with van der Waals surface area (Å²) in [5, 5.41) is 3.96. The van der Waals surface area contributed by atoms with Crippen LogP contribution in [0.2, 0.25) is 5.02 Å². The molecule has 4 rings (SSSR count). The molecule has 1 aromatic heterocycles. The van der Waals surface area contributed by atoms with Crippen LogP contribution in [0.3, 0.4) is 0 Å². The van der Waals surface area contributed by atoms with E-state index >= 15 is 0 Å². The van der Waals surface area contributed by atoms with Crippen LogP contribution in [0.15, 0.2) is 60.8 Å². The number of aryl methyl sites for hydroxylation is 1. The maximum absolute atomic E-state index is 12.8. The van der Waals surface area contributed by atoms with Gasteiger partial charge >= 0.3 is 0 Å². The third-order valence-electron chi connectivity index (χ3n) is 4.59. The number of carbonyl (C=O) groups is 1. The number of halogens is 1. The quantitative estimate of drug-likeness (QED) is 0.713. The highest BCUT2D eigenvalue weighted by molar-refractivity contribution is 6.30. The molecule has 1 aliphatic heterocycles. The molecule has 1 N–H and O–H groups in total. The van der Waals surface area contributed by atoms with Gasteiger partial charge in [0.1, 0.15) is 5.82 Å². The molecule has 0 saturated heterocycles. The number of rotatable bonds is 3. The van der Waals surface area contributed by atoms with Gasteiger partial charge in [0.05, 0.1) is 5.56 Å². The van der Waals surface area contributed by atoms with Gasteiger partial charge < -0.3 is 10.2 Å². The highest BCUT2D eigenvalue weighted by atomic mass is 35.5. The molecule has 0 aliphatic carbocycles. The van der Waals surface area contributed by atoms with Gasteiger partial charge in [0, 0.05) is 29.1 Å². The second-order valence-corrected chi connectivity index (χ2v) is 6.79. The van der Waals surface area contributed by atoms with E-state index in [-0.39, 0.29) is 5.91 Å². The molecule has 2 heterocycles. The molecule has 5 heteroatoms. The van der Waals surface area contributed by atoms with Crippen molar-refractivity contribution in [1.82, 2.24) is 4.98 Å². The van der Waals surface area contributed by atoms with E-state index in [1.807, 2.05) is 60.4 Å². The van der Waals surface area contributed by atoms with Crippen LogP contribution in [0, 0.1) is 6.92 Å². The van der Waals surface area contributed by atoms with Gasteiger partial charge in [-0.15, -0.1) is 0 Å². The van der Waals surface area contributed by atoms with Gasteiger partial charge in [-0.25, -0.2) is 4.98 Å². The van der Waals surface area contributed by atoms with Gasteiger partial charge in [0.15, 0.2) is 0 Å². The molecule has 1 amide bonds. The summed E-state index contributed by atoms with van der Waals surface area (Å²) in [5.41, 5.74) is 4.77. The third kappa shape index (κ3) is 3.16. The number of fused-ring (bicyclic) bond motifs is 1. The van der Waals surface area contributed by atoms with Crippen molar-refractivity contribution in [3.63, 3.8) is 0 Å². The number of nitrogens with one attached hydrogen (secondary N) is 1. The van der Waals surface area contributed by atoms with Crippen LogP contribution in [0.4, 0.5) is 17.2 Å². The number of para-hydroxylation sites is 1. The van der Waals surface area contributed by atoms with E-state index in [0.29, 0.717) is 22.9 Å². The Bertz CT molecular complexity index is 969. The Hall–Kier alpha value is -2.85. The number of anilines is 3. The van der Waals surface area contributed by atoms with Crippen molar-refractivity contribution < 1.29 is 4.79 Å². The predicted octanol–water partition coefficient (Wildman–Crippen LogP) is 4.99. The summed E-state index contributed by atoms with van der Waals surface area (Å²) in [6, 6.07) is 17.3. The minimum absolute atomic E-state index is 0.0170. The van der Waals surface area contributed by atoms with Crippen LogP contribution in [-0.4, -0.2) is 17.4 Å². The van der Waals surface area contributed by atoms with Crippen LogP contribution in [0.5, 0.6) is 0 Å². The number of hydrogen-bond donors (Lipinski definition) is 1. The summed E-state index contributed by atoms with van der Waals surface area (Å²) in [4.78, 5) is 19.0. The zero-order valence-electron chi connectivity index (χ0n) is 14.4. The first-order valence-electron chi connectivity index (χ1n) is 8.51. The average molecular weight is 364 g/mol. The average Bonchev–Trinajstić information content (AvgIpc) is 3.08. The Morgan fingerprint density at radius 3 is 2.77 bits per heavy atom. The lowest BCUT2D eigenvalue weighted by atomic mass is 10.2. The summed E-state index contributed by atoms with van der Waals surface area (Å²) in [6.07, 6.45) is 2.52. The predicted molar refractivity (Wildman–Crippen MR) is 106 cm³/mol. The second-order valence-electron chi connectivity index (χ2n) is 6.35. The normalized spacial score (nSPS) is 12.8. The molecule has 0 saturated carbocycles. The second kappa shape index (κ2) is 6.81. The molecule has 3 aromatic rings. The Morgan fingerprint density at radius 1 is 1.15 bits per heavy atom. The van der Waals surface area contributed by atoms with E-state index < -0.39 is 0 Å². The van der Waals surface area contributed by atoms with E-state index in [0.717, 1.165) is 23.4 Å². The molecule has 2 aromatic carbocycles. The fourth-order valence-electron chi connectivity index (χ4n) is 3.20. The first kappa shape index (κ1) is 16.6. The summed E-state index contributed by atoms with van der Waals surface area (Å²) in [7, 11) is 0. The lowest BCUT2D eigenvalue weighted by molar-refractivity contribution is 0.0989. The maximum atomic E-state index is 12.8. The molecule has 1 aliphatic rings. The maximum Gasteiger partial charge on any atom is 0.259 e. The van der Waals surface area contributed by atoms with Gasteiger partial charge in [-0.1, -0.05) is 29.8 Å². The summed E-state index contributed by atoms with van der Waals surface area (Å²) >= 11 is 5.99. The van der Waals surface area contributed by atoms with Crippen molar-refractivity contribution in [3.8, 4) is 0 Å². The summed E-state index contributed by atoms with van der Waals surface area (Å²) in [6.45, 7) is 2.69. The highest BCUT2D eigenvalue weighted by Crippen LogP contribution is 2.29. The lowest BCUT2D eigenvalue weighted by Gasteiger charge is -2.17. The van der Waals surface area contributed by atoms with E-state index in [2.05, 4.69) is 16.4 Å². The minimum Gasteiger partial charge on any atom is -0.340 e. The number of carbonyl (C=O) groups excluding carboxylic acids is 1.